The number of rotatable bonds is 6. The van der Waals surface area contributed by atoms with Crippen molar-refractivity contribution in [2.45, 2.75) is 0 Å². The van der Waals surface area contributed by atoms with Gasteiger partial charge in [0.1, 0.15) is 0 Å². The van der Waals surface area contributed by atoms with Crippen LogP contribution in [0.1, 0.15) is 41.4 Å². The summed E-state index contributed by atoms with van der Waals surface area (Å²) in [6.45, 7) is -0.504. The first kappa shape index (κ1) is 20.6. The molecule has 0 spiro atoms. The maximum absolute atomic E-state index is 12.6. The van der Waals surface area contributed by atoms with Gasteiger partial charge in [0.25, 0.3) is 23.4 Å². The van der Waals surface area contributed by atoms with Crippen LogP contribution in [0.3, 0.4) is 0 Å². The molecule has 4 rings (SSSR count). The third kappa shape index (κ3) is 3.86. The van der Waals surface area contributed by atoms with Gasteiger partial charge < -0.3 is 5.32 Å². The van der Waals surface area contributed by atoms with Crippen LogP contribution in [0.2, 0.25) is 0 Å². The van der Waals surface area contributed by atoms with Crippen molar-refractivity contribution in [2.75, 3.05) is 11.9 Å². The van der Waals surface area contributed by atoms with Crippen LogP contribution in [0.25, 0.3) is 0 Å². The summed E-state index contributed by atoms with van der Waals surface area (Å²) in [6.07, 6.45) is 0. The van der Waals surface area contributed by atoms with Crippen molar-refractivity contribution < 1.29 is 24.1 Å². The van der Waals surface area contributed by atoms with Crippen molar-refractivity contribution in [3.8, 4) is 0 Å². The topological polar surface area (TPSA) is 127 Å². The average molecular weight is 429 g/mol. The van der Waals surface area contributed by atoms with Crippen LogP contribution in [0.15, 0.2) is 72.8 Å². The van der Waals surface area contributed by atoms with Crippen LogP contribution < -0.4 is 5.32 Å². The normalized spacial score (nSPS) is 12.4. The van der Waals surface area contributed by atoms with Crippen LogP contribution in [-0.2, 0) is 0 Å². The largest absolute Gasteiger partial charge is 0.322 e. The summed E-state index contributed by atoms with van der Waals surface area (Å²) < 4.78 is 0. The molecule has 3 aromatic rings. The number of nitrogens with zero attached hydrogens (tertiary/aromatic N) is 2. The van der Waals surface area contributed by atoms with E-state index in [0.29, 0.717) is 11.3 Å². The molecule has 0 unspecified atom stereocenters. The van der Waals surface area contributed by atoms with E-state index >= 15 is 0 Å². The van der Waals surface area contributed by atoms with Crippen molar-refractivity contribution in [1.29, 1.82) is 0 Å². The second-order valence-electron chi connectivity index (χ2n) is 7.00. The molecule has 0 saturated heterocycles. The second kappa shape index (κ2) is 8.23. The molecule has 0 saturated carbocycles. The van der Waals surface area contributed by atoms with Gasteiger partial charge in [-0.25, -0.2) is 0 Å². The minimum Gasteiger partial charge on any atom is -0.322 e. The van der Waals surface area contributed by atoms with Gasteiger partial charge in [-0.15, -0.1) is 0 Å². The van der Waals surface area contributed by atoms with Crippen molar-refractivity contribution in [2.24, 2.45) is 0 Å². The van der Waals surface area contributed by atoms with E-state index in [1.54, 1.807) is 42.5 Å². The van der Waals surface area contributed by atoms with Crippen molar-refractivity contribution in [3.63, 3.8) is 0 Å². The highest BCUT2D eigenvalue weighted by atomic mass is 16.6. The Labute approximate surface area is 181 Å². The number of benzene rings is 3. The number of carbonyl (C=O) groups is 4. The lowest BCUT2D eigenvalue weighted by atomic mass is 10.1. The van der Waals surface area contributed by atoms with E-state index in [2.05, 4.69) is 5.32 Å². The SMILES string of the molecule is O=C(CN1C(=O)c2ccc([N+](=O)[O-])cc2C1=O)c1ccc(NC(=O)c2ccccc2)cc1. The lowest BCUT2D eigenvalue weighted by Gasteiger charge is -2.13. The summed E-state index contributed by atoms with van der Waals surface area (Å²) in [7, 11) is 0. The molecule has 1 N–H and O–H groups in total. The molecule has 0 aliphatic carbocycles. The molecule has 158 valence electrons. The van der Waals surface area contributed by atoms with Gasteiger partial charge in [-0.05, 0) is 42.5 Å². The van der Waals surface area contributed by atoms with Crippen molar-refractivity contribution >= 4 is 34.9 Å². The Kier molecular flexibility index (Phi) is 5.30. The van der Waals surface area contributed by atoms with Gasteiger partial charge in [0.15, 0.2) is 5.78 Å². The minimum absolute atomic E-state index is 0.0207. The summed E-state index contributed by atoms with van der Waals surface area (Å²) in [4.78, 5) is 60.9. The first-order valence-corrected chi connectivity index (χ1v) is 9.49. The number of non-ortho nitro benzene ring substituents is 1. The molecule has 1 aliphatic heterocycles. The number of anilines is 1. The maximum Gasteiger partial charge on any atom is 0.270 e. The van der Waals surface area contributed by atoms with E-state index in [1.807, 2.05) is 0 Å². The molecule has 1 aliphatic rings. The van der Waals surface area contributed by atoms with Gasteiger partial charge in [0.05, 0.1) is 22.6 Å². The van der Waals surface area contributed by atoms with Gasteiger partial charge >= 0.3 is 0 Å². The summed E-state index contributed by atoms with van der Waals surface area (Å²) in [5, 5.41) is 13.6. The zero-order chi connectivity index (χ0) is 22.8. The van der Waals surface area contributed by atoms with E-state index in [4.69, 9.17) is 0 Å². The van der Waals surface area contributed by atoms with Crippen LogP contribution in [0, 0.1) is 10.1 Å². The number of Topliss-reactive ketones (excluding diaryl/α,β-unsaturated/α-hetero) is 1. The molecule has 3 amide bonds. The number of nitrogens with one attached hydrogen (secondary N) is 1. The highest BCUT2D eigenvalue weighted by Gasteiger charge is 2.37. The Morgan fingerprint density at radius 2 is 1.50 bits per heavy atom. The molecule has 0 bridgehead atoms. The Hall–Kier alpha value is -4.66. The van der Waals surface area contributed by atoms with Crippen LogP contribution >= 0.6 is 0 Å². The highest BCUT2D eigenvalue weighted by molar-refractivity contribution is 6.23. The van der Waals surface area contributed by atoms with Gasteiger partial charge in [-0.1, -0.05) is 18.2 Å². The number of nitro benzene ring substituents is 1. The van der Waals surface area contributed by atoms with E-state index in [-0.39, 0.29) is 28.3 Å². The van der Waals surface area contributed by atoms with Gasteiger partial charge in [-0.3, -0.25) is 34.2 Å². The Bertz CT molecular complexity index is 1270. The molecule has 0 aromatic heterocycles. The second-order valence-corrected chi connectivity index (χ2v) is 7.00. The van der Waals surface area contributed by atoms with Gasteiger partial charge in [-0.2, -0.15) is 0 Å². The molecule has 1 heterocycles. The summed E-state index contributed by atoms with van der Waals surface area (Å²) in [5.41, 5.74) is 0.807. The smallest absolute Gasteiger partial charge is 0.270 e. The number of nitro groups is 1. The quantitative estimate of drug-likeness (QED) is 0.277. The minimum atomic E-state index is -0.756. The Morgan fingerprint density at radius 1 is 0.844 bits per heavy atom. The molecule has 3 aromatic carbocycles. The average Bonchev–Trinajstić information content (AvgIpc) is 3.04. The highest BCUT2D eigenvalue weighted by Crippen LogP contribution is 2.27. The number of fused-ring (bicyclic) bond motifs is 1. The van der Waals surface area contributed by atoms with E-state index < -0.39 is 29.1 Å². The molecular formula is C23H15N3O6. The van der Waals surface area contributed by atoms with E-state index in [1.165, 1.54) is 18.2 Å². The van der Waals surface area contributed by atoms with Crippen LogP contribution in [0.4, 0.5) is 11.4 Å². The Balaban J connectivity index is 1.45. The number of ketones is 1. The first-order chi connectivity index (χ1) is 15.3. The fourth-order valence-electron chi connectivity index (χ4n) is 3.30. The monoisotopic (exact) mass is 429 g/mol. The third-order valence-electron chi connectivity index (χ3n) is 4.97. The maximum atomic E-state index is 12.6. The standard InChI is InChI=1S/C23H15N3O6/c27-20(13-25-22(29)18-11-10-17(26(31)32)12-19(18)23(25)30)14-6-8-16(9-7-14)24-21(28)15-4-2-1-3-5-15/h1-12H,13H2,(H,24,28). The number of amides is 3. The first-order valence-electron chi connectivity index (χ1n) is 9.49. The molecular weight excluding hydrogens is 414 g/mol. The van der Waals surface area contributed by atoms with Crippen molar-refractivity contribution in [3.05, 3.63) is 105 Å². The lowest BCUT2D eigenvalue weighted by molar-refractivity contribution is -0.384. The zero-order valence-corrected chi connectivity index (χ0v) is 16.5. The molecule has 9 heteroatoms. The van der Waals surface area contributed by atoms with Crippen molar-refractivity contribution in [1.82, 2.24) is 4.90 Å². The fourth-order valence-corrected chi connectivity index (χ4v) is 3.30. The summed E-state index contributed by atoms with van der Waals surface area (Å²) >= 11 is 0. The predicted molar refractivity (Wildman–Crippen MR) is 114 cm³/mol. The predicted octanol–water partition coefficient (Wildman–Crippen LogP) is 3.33. The van der Waals surface area contributed by atoms with Gasteiger partial charge in [0.2, 0.25) is 0 Å². The van der Waals surface area contributed by atoms with Crippen LogP contribution in [0.5, 0.6) is 0 Å². The number of carbonyl (C=O) groups excluding carboxylic acids is 4. The summed E-state index contributed by atoms with van der Waals surface area (Å²) in [5.74, 6) is -2.23. The van der Waals surface area contributed by atoms with E-state index in [9.17, 15) is 29.3 Å². The summed E-state index contributed by atoms with van der Waals surface area (Å²) in [6, 6.07) is 18.0. The lowest BCUT2D eigenvalue weighted by Crippen LogP contribution is -2.34. The zero-order valence-electron chi connectivity index (χ0n) is 16.5. The molecule has 0 fully saturated rings. The molecule has 0 radical (unpaired) electrons. The molecule has 9 nitrogen and oxygen atoms in total. The Morgan fingerprint density at radius 3 is 2.16 bits per heavy atom. The number of hydrogen-bond acceptors (Lipinski definition) is 6. The molecule has 32 heavy (non-hydrogen) atoms. The number of hydrogen-bond donors (Lipinski definition) is 1. The van der Waals surface area contributed by atoms with E-state index in [0.717, 1.165) is 17.0 Å². The molecule has 0 atom stereocenters. The van der Waals surface area contributed by atoms with Crippen LogP contribution in [-0.4, -0.2) is 39.9 Å². The fraction of sp³-hybridized carbons (Fsp3) is 0.0435. The van der Waals surface area contributed by atoms with Gasteiger partial charge in [0, 0.05) is 28.9 Å². The number of imide groups is 1. The third-order valence-corrected chi connectivity index (χ3v) is 4.97.